The van der Waals surface area contributed by atoms with Gasteiger partial charge < -0.3 is 24.1 Å². The lowest BCUT2D eigenvalue weighted by atomic mass is 9.57. The van der Waals surface area contributed by atoms with Gasteiger partial charge in [-0.25, -0.2) is 0 Å². The predicted octanol–water partition coefficient (Wildman–Crippen LogP) is 4.94. The molecule has 198 valence electrons. The molecular weight excluding hydrogens is 444 g/mol. The van der Waals surface area contributed by atoms with Crippen molar-refractivity contribution in [2.24, 2.45) is 23.2 Å². The molecule has 10 atom stereocenters. The van der Waals surface area contributed by atoms with E-state index in [0.717, 1.165) is 51.0 Å². The fourth-order valence-corrected chi connectivity index (χ4v) is 9.41. The first-order valence-electron chi connectivity index (χ1n) is 14.3. The highest BCUT2D eigenvalue weighted by Gasteiger charge is 2.85. The van der Waals surface area contributed by atoms with Crippen molar-refractivity contribution in [1.82, 2.24) is 0 Å². The third kappa shape index (κ3) is 3.83. The molecule has 35 heavy (non-hydrogen) atoms. The van der Waals surface area contributed by atoms with Crippen molar-refractivity contribution in [3.05, 3.63) is 0 Å². The lowest BCUT2D eigenvalue weighted by molar-refractivity contribution is -0.150. The average molecular weight is 491 g/mol. The van der Waals surface area contributed by atoms with E-state index in [2.05, 4.69) is 13.8 Å². The van der Waals surface area contributed by atoms with Gasteiger partial charge in [0.15, 0.2) is 0 Å². The van der Waals surface area contributed by atoms with Crippen LogP contribution in [0.4, 0.5) is 0 Å². The van der Waals surface area contributed by atoms with Crippen LogP contribution in [0.2, 0.25) is 0 Å². The molecule has 6 fully saturated rings. The van der Waals surface area contributed by atoms with Gasteiger partial charge in [-0.15, -0.1) is 0 Å². The summed E-state index contributed by atoms with van der Waals surface area (Å²) in [5.41, 5.74) is -0.776. The van der Waals surface area contributed by atoms with Crippen LogP contribution in [0.5, 0.6) is 0 Å². The van der Waals surface area contributed by atoms with E-state index in [-0.39, 0.29) is 41.1 Å². The number of hydrogen-bond acceptors (Lipinski definition) is 6. The molecule has 3 spiro atoms. The zero-order valence-electron chi connectivity index (χ0n) is 22.4. The van der Waals surface area contributed by atoms with Crippen molar-refractivity contribution in [3.8, 4) is 0 Å². The number of carbonyl (C=O) groups is 1. The third-order valence-electron chi connectivity index (χ3n) is 11.2. The van der Waals surface area contributed by atoms with Gasteiger partial charge in [-0.1, -0.05) is 26.7 Å². The number of aliphatic hydroxyl groups is 1. The van der Waals surface area contributed by atoms with E-state index in [1.54, 1.807) is 0 Å². The first-order chi connectivity index (χ1) is 16.4. The summed E-state index contributed by atoms with van der Waals surface area (Å²) in [5.74, 6) is 1.80. The molecule has 1 N–H and O–H groups in total. The smallest absolute Gasteiger partial charge is 0.302 e. The van der Waals surface area contributed by atoms with Crippen LogP contribution in [0, 0.1) is 23.2 Å². The summed E-state index contributed by atoms with van der Waals surface area (Å²) in [6, 6.07) is 0. The monoisotopic (exact) mass is 490 g/mol. The number of epoxide rings is 3. The molecule has 0 radical (unpaired) electrons. The quantitative estimate of drug-likeness (QED) is 0.402. The Balaban J connectivity index is 1.14. The molecule has 3 heterocycles. The fourth-order valence-electron chi connectivity index (χ4n) is 9.41. The number of rotatable bonds is 7. The Bertz CT molecular complexity index is 862. The second-order valence-corrected chi connectivity index (χ2v) is 14.0. The highest BCUT2D eigenvalue weighted by molar-refractivity contribution is 5.66. The highest BCUT2D eigenvalue weighted by atomic mass is 16.7. The van der Waals surface area contributed by atoms with E-state index in [9.17, 15) is 9.90 Å². The second kappa shape index (κ2) is 7.91. The lowest BCUT2D eigenvalue weighted by Gasteiger charge is -2.46. The second-order valence-electron chi connectivity index (χ2n) is 14.0. The molecule has 0 amide bonds. The van der Waals surface area contributed by atoms with Gasteiger partial charge in [-0.2, -0.15) is 0 Å². The van der Waals surface area contributed by atoms with Crippen molar-refractivity contribution in [2.75, 3.05) is 6.61 Å². The van der Waals surface area contributed by atoms with E-state index in [1.807, 2.05) is 13.8 Å². The lowest BCUT2D eigenvalue weighted by Crippen LogP contribution is -2.48. The van der Waals surface area contributed by atoms with E-state index >= 15 is 0 Å². The Kier molecular flexibility index (Phi) is 5.57. The van der Waals surface area contributed by atoms with Crippen LogP contribution in [0.25, 0.3) is 0 Å². The minimum Gasteiger partial charge on any atom is -0.462 e. The summed E-state index contributed by atoms with van der Waals surface area (Å²) in [6.45, 7) is 11.1. The van der Waals surface area contributed by atoms with E-state index in [4.69, 9.17) is 18.9 Å². The summed E-state index contributed by atoms with van der Waals surface area (Å²) in [7, 11) is 0. The van der Waals surface area contributed by atoms with Crippen molar-refractivity contribution in [3.63, 3.8) is 0 Å². The number of carbonyl (C=O) groups excluding carboxylic acids is 1. The topological polar surface area (TPSA) is 84.1 Å². The zero-order chi connectivity index (χ0) is 24.9. The molecule has 0 bridgehead atoms. The molecule has 6 nitrogen and oxygen atoms in total. The van der Waals surface area contributed by atoms with Gasteiger partial charge in [-0.05, 0) is 88.4 Å². The first-order valence-corrected chi connectivity index (χ1v) is 14.3. The minimum absolute atomic E-state index is 0.0345. The van der Waals surface area contributed by atoms with Crippen molar-refractivity contribution >= 4 is 5.97 Å². The third-order valence-corrected chi connectivity index (χ3v) is 11.2. The normalized spacial score (nSPS) is 50.9. The van der Waals surface area contributed by atoms with Crippen LogP contribution in [0.15, 0.2) is 0 Å². The standard InChI is InChI=1S/C29H46O6/c1-18(8-6-12-25(3,4)31)21-9-10-22-26(21,5)13-7-14-28(22)23(34-28)24-29(35-24)16-20(33-19(2)30)11-15-27(29)17-32-27/h18,20-24,31H,6-17H2,1-5H3/t18-,20+,21-,22-,23+,24-,26-,27?,28-,29-/m1/s1. The van der Waals surface area contributed by atoms with Crippen LogP contribution in [-0.2, 0) is 23.7 Å². The van der Waals surface area contributed by atoms with Crippen LogP contribution >= 0.6 is 0 Å². The van der Waals surface area contributed by atoms with Gasteiger partial charge in [-0.3, -0.25) is 4.79 Å². The Labute approximate surface area is 210 Å². The molecule has 1 unspecified atom stereocenters. The summed E-state index contributed by atoms with van der Waals surface area (Å²) in [5, 5.41) is 10.1. The van der Waals surface area contributed by atoms with Gasteiger partial charge >= 0.3 is 5.97 Å². The molecule has 3 aliphatic heterocycles. The van der Waals surface area contributed by atoms with Gasteiger partial charge in [0.2, 0.25) is 0 Å². The molecule has 0 aromatic heterocycles. The van der Waals surface area contributed by atoms with E-state index < -0.39 is 5.60 Å². The summed E-state index contributed by atoms with van der Waals surface area (Å²) in [4.78, 5) is 11.6. The van der Waals surface area contributed by atoms with Gasteiger partial charge in [0.25, 0.3) is 0 Å². The first kappa shape index (κ1) is 24.6. The Morgan fingerprint density at radius 3 is 2.60 bits per heavy atom. The molecule has 0 aromatic carbocycles. The number of esters is 1. The van der Waals surface area contributed by atoms with Crippen molar-refractivity contribution in [2.45, 2.75) is 146 Å². The fraction of sp³-hybridized carbons (Fsp3) is 0.966. The predicted molar refractivity (Wildman–Crippen MR) is 131 cm³/mol. The molecule has 6 rings (SSSR count). The van der Waals surface area contributed by atoms with Crippen molar-refractivity contribution < 1.29 is 28.8 Å². The van der Waals surface area contributed by atoms with Gasteiger partial charge in [0.05, 0.1) is 12.2 Å². The van der Waals surface area contributed by atoms with Crippen LogP contribution in [-0.4, -0.2) is 58.4 Å². The molecule has 3 saturated carbocycles. The summed E-state index contributed by atoms with van der Waals surface area (Å²) < 4.78 is 25.0. The maximum Gasteiger partial charge on any atom is 0.302 e. The van der Waals surface area contributed by atoms with E-state index in [0.29, 0.717) is 17.3 Å². The van der Waals surface area contributed by atoms with Crippen LogP contribution < -0.4 is 0 Å². The molecule has 3 aliphatic carbocycles. The molecule has 0 aromatic rings. The van der Waals surface area contributed by atoms with Crippen LogP contribution in [0.1, 0.15) is 105 Å². The molecule has 6 heteroatoms. The summed E-state index contributed by atoms with van der Waals surface area (Å²) in [6.07, 6.45) is 12.1. The van der Waals surface area contributed by atoms with Crippen molar-refractivity contribution in [1.29, 1.82) is 0 Å². The Morgan fingerprint density at radius 2 is 1.91 bits per heavy atom. The number of hydrogen-bond donors (Lipinski definition) is 1. The molecule has 3 saturated heterocycles. The van der Waals surface area contributed by atoms with Gasteiger partial charge in [0.1, 0.15) is 35.1 Å². The SMILES string of the molecule is CC(=O)O[C@H]1CCC2(CO2)[C@]2(C1)O[C@@H]2[C@@H]1O[C@@]12CCC[C@]1(C)[C@@H]([C@H](C)CCCC(C)(C)O)CC[C@H]12. The highest BCUT2D eigenvalue weighted by Crippen LogP contribution is 2.72. The Morgan fingerprint density at radius 1 is 1.14 bits per heavy atom. The number of ether oxygens (including phenoxy) is 4. The average Bonchev–Trinajstić information content (AvgIpc) is 3.67. The maximum absolute atomic E-state index is 11.6. The summed E-state index contributed by atoms with van der Waals surface area (Å²) >= 11 is 0. The van der Waals surface area contributed by atoms with E-state index in [1.165, 1.54) is 39.0 Å². The molecular formula is C29H46O6. The largest absolute Gasteiger partial charge is 0.462 e. The molecule has 6 aliphatic rings. The van der Waals surface area contributed by atoms with Gasteiger partial charge in [0, 0.05) is 13.3 Å². The maximum atomic E-state index is 11.6. The zero-order valence-corrected chi connectivity index (χ0v) is 22.4. The Hall–Kier alpha value is -0.690. The number of fused-ring (bicyclic) bond motifs is 3. The van der Waals surface area contributed by atoms with Crippen LogP contribution in [0.3, 0.4) is 0 Å². The minimum atomic E-state index is -0.567.